The molecule has 20 heavy (non-hydrogen) atoms. The van der Waals surface area contributed by atoms with Crippen LogP contribution in [0.25, 0.3) is 0 Å². The van der Waals surface area contributed by atoms with Crippen LogP contribution >= 0.6 is 0 Å². The van der Waals surface area contributed by atoms with Gasteiger partial charge in [-0.2, -0.15) is 0 Å². The number of benzene rings is 1. The second-order valence-electron chi connectivity index (χ2n) is 5.94. The lowest BCUT2D eigenvalue weighted by molar-refractivity contribution is 0.131. The van der Waals surface area contributed by atoms with Gasteiger partial charge in [-0.1, -0.05) is 70.9 Å². The molecular weight excluding hydrogens is 246 g/mol. The summed E-state index contributed by atoms with van der Waals surface area (Å²) in [4.78, 5) is 0. The standard InChI is InChI=1S/C18H31NO/c1-6-15(7-2)18(16-11-9-8-10-12-16)19-17(13-20-5)14(3)4/h8-12,14-15,17-19H,6-7,13H2,1-5H3. The smallest absolute Gasteiger partial charge is 0.0618 e. The number of methoxy groups -OCH3 is 1. The lowest BCUT2D eigenvalue weighted by atomic mass is 9.87. The zero-order valence-corrected chi connectivity index (χ0v) is 13.7. The highest BCUT2D eigenvalue weighted by Gasteiger charge is 2.24. The van der Waals surface area contributed by atoms with E-state index in [9.17, 15) is 0 Å². The van der Waals surface area contributed by atoms with E-state index in [1.54, 1.807) is 7.11 Å². The highest BCUT2D eigenvalue weighted by atomic mass is 16.5. The number of rotatable bonds is 9. The number of ether oxygens (including phenoxy) is 1. The van der Waals surface area contributed by atoms with Crippen LogP contribution in [-0.2, 0) is 4.74 Å². The molecule has 1 rings (SSSR count). The maximum atomic E-state index is 5.39. The molecule has 0 saturated heterocycles. The van der Waals surface area contributed by atoms with Crippen LogP contribution < -0.4 is 5.32 Å². The number of nitrogens with one attached hydrogen (secondary N) is 1. The molecule has 0 amide bonds. The van der Waals surface area contributed by atoms with Crippen LogP contribution in [0.1, 0.15) is 52.1 Å². The van der Waals surface area contributed by atoms with E-state index in [0.717, 1.165) is 6.61 Å². The van der Waals surface area contributed by atoms with Crippen molar-refractivity contribution in [2.24, 2.45) is 11.8 Å². The Hall–Kier alpha value is -0.860. The van der Waals surface area contributed by atoms with Crippen molar-refractivity contribution in [3.63, 3.8) is 0 Å². The molecule has 2 heteroatoms. The second kappa shape index (κ2) is 9.15. The molecule has 2 nitrogen and oxygen atoms in total. The third kappa shape index (κ3) is 4.92. The van der Waals surface area contributed by atoms with Crippen molar-refractivity contribution in [2.45, 2.75) is 52.6 Å². The lowest BCUT2D eigenvalue weighted by Crippen LogP contribution is -2.42. The Bertz CT molecular complexity index is 346. The molecule has 114 valence electrons. The summed E-state index contributed by atoms with van der Waals surface area (Å²) in [7, 11) is 1.78. The topological polar surface area (TPSA) is 21.3 Å². The van der Waals surface area contributed by atoms with Crippen molar-refractivity contribution in [2.75, 3.05) is 13.7 Å². The van der Waals surface area contributed by atoms with Gasteiger partial charge in [0.1, 0.15) is 0 Å². The molecule has 0 aromatic heterocycles. The molecule has 0 heterocycles. The average Bonchev–Trinajstić information content (AvgIpc) is 2.47. The van der Waals surface area contributed by atoms with Crippen LogP contribution in [0.15, 0.2) is 30.3 Å². The molecule has 0 aliphatic carbocycles. The zero-order valence-electron chi connectivity index (χ0n) is 13.7. The van der Waals surface area contributed by atoms with Crippen LogP contribution in [0.2, 0.25) is 0 Å². The maximum absolute atomic E-state index is 5.39. The molecule has 2 unspecified atom stereocenters. The van der Waals surface area contributed by atoms with Crippen LogP contribution in [-0.4, -0.2) is 19.8 Å². The third-order valence-electron chi connectivity index (χ3n) is 4.22. The molecule has 1 aromatic rings. The van der Waals surface area contributed by atoms with Gasteiger partial charge in [0, 0.05) is 19.2 Å². The predicted molar refractivity (Wildman–Crippen MR) is 86.9 cm³/mol. The third-order valence-corrected chi connectivity index (χ3v) is 4.22. The van der Waals surface area contributed by atoms with Crippen LogP contribution in [0.3, 0.4) is 0 Å². The number of hydrogen-bond donors (Lipinski definition) is 1. The molecule has 1 N–H and O–H groups in total. The Morgan fingerprint density at radius 1 is 1.05 bits per heavy atom. The Morgan fingerprint density at radius 3 is 2.10 bits per heavy atom. The first-order chi connectivity index (χ1) is 9.63. The van der Waals surface area contributed by atoms with E-state index in [1.165, 1.54) is 18.4 Å². The van der Waals surface area contributed by atoms with Crippen LogP contribution in [0, 0.1) is 11.8 Å². The summed E-state index contributed by atoms with van der Waals surface area (Å²) in [6.07, 6.45) is 2.39. The molecule has 0 aliphatic heterocycles. The van der Waals surface area contributed by atoms with Gasteiger partial charge in [0.25, 0.3) is 0 Å². The minimum atomic E-state index is 0.394. The van der Waals surface area contributed by atoms with Gasteiger partial charge in [-0.25, -0.2) is 0 Å². The fraction of sp³-hybridized carbons (Fsp3) is 0.667. The van der Waals surface area contributed by atoms with E-state index >= 15 is 0 Å². The normalized spacial score (nSPS) is 14.8. The molecule has 0 bridgehead atoms. The molecular formula is C18H31NO. The molecule has 0 saturated carbocycles. The summed E-state index contributed by atoms with van der Waals surface area (Å²) in [5.74, 6) is 1.23. The van der Waals surface area contributed by atoms with Crippen molar-refractivity contribution < 1.29 is 4.74 Å². The van der Waals surface area contributed by atoms with Gasteiger partial charge < -0.3 is 10.1 Å². The number of hydrogen-bond acceptors (Lipinski definition) is 2. The Balaban J connectivity index is 2.92. The van der Waals surface area contributed by atoms with Gasteiger partial charge in [0.15, 0.2) is 0 Å². The molecule has 2 atom stereocenters. The van der Waals surface area contributed by atoms with Gasteiger partial charge in [-0.05, 0) is 17.4 Å². The minimum Gasteiger partial charge on any atom is -0.383 e. The average molecular weight is 277 g/mol. The molecule has 0 aliphatic rings. The van der Waals surface area contributed by atoms with Crippen molar-refractivity contribution in [1.29, 1.82) is 0 Å². The van der Waals surface area contributed by atoms with E-state index in [1.807, 2.05) is 0 Å². The van der Waals surface area contributed by atoms with Gasteiger partial charge in [-0.15, -0.1) is 0 Å². The fourth-order valence-corrected chi connectivity index (χ4v) is 2.77. The quantitative estimate of drug-likeness (QED) is 0.721. The van der Waals surface area contributed by atoms with Gasteiger partial charge in [0.05, 0.1) is 6.61 Å². The summed E-state index contributed by atoms with van der Waals surface area (Å²) in [6.45, 7) is 9.84. The SMILES string of the molecule is CCC(CC)C(NC(COC)C(C)C)c1ccccc1. The summed E-state index contributed by atoms with van der Waals surface area (Å²) in [5.41, 5.74) is 1.39. The Labute approximate surface area is 124 Å². The Morgan fingerprint density at radius 2 is 1.65 bits per heavy atom. The van der Waals surface area contributed by atoms with Gasteiger partial charge >= 0.3 is 0 Å². The summed E-state index contributed by atoms with van der Waals surface area (Å²) < 4.78 is 5.39. The van der Waals surface area contributed by atoms with Gasteiger partial charge in [-0.3, -0.25) is 0 Å². The zero-order chi connectivity index (χ0) is 15.0. The molecule has 0 radical (unpaired) electrons. The maximum Gasteiger partial charge on any atom is 0.0618 e. The highest BCUT2D eigenvalue weighted by molar-refractivity contribution is 5.20. The first kappa shape index (κ1) is 17.2. The van der Waals surface area contributed by atoms with Crippen molar-refractivity contribution >= 4 is 0 Å². The van der Waals surface area contributed by atoms with Crippen LogP contribution in [0.5, 0.6) is 0 Å². The van der Waals surface area contributed by atoms with Crippen molar-refractivity contribution in [1.82, 2.24) is 5.32 Å². The molecule has 1 aromatic carbocycles. The van der Waals surface area contributed by atoms with Crippen molar-refractivity contribution in [3.8, 4) is 0 Å². The van der Waals surface area contributed by atoms with E-state index in [-0.39, 0.29) is 0 Å². The summed E-state index contributed by atoms with van der Waals surface area (Å²) >= 11 is 0. The molecule has 0 spiro atoms. The first-order valence-corrected chi connectivity index (χ1v) is 7.93. The van der Waals surface area contributed by atoms with Gasteiger partial charge in [0.2, 0.25) is 0 Å². The van der Waals surface area contributed by atoms with Crippen molar-refractivity contribution in [3.05, 3.63) is 35.9 Å². The molecule has 0 fully saturated rings. The second-order valence-corrected chi connectivity index (χ2v) is 5.94. The fourth-order valence-electron chi connectivity index (χ4n) is 2.77. The summed E-state index contributed by atoms with van der Waals surface area (Å²) in [6, 6.07) is 11.6. The van der Waals surface area contributed by atoms with E-state index in [0.29, 0.717) is 23.9 Å². The van der Waals surface area contributed by atoms with Crippen LogP contribution in [0.4, 0.5) is 0 Å². The largest absolute Gasteiger partial charge is 0.383 e. The van der Waals surface area contributed by atoms with E-state index in [2.05, 4.69) is 63.3 Å². The highest BCUT2D eigenvalue weighted by Crippen LogP contribution is 2.28. The Kier molecular flexibility index (Phi) is 7.86. The summed E-state index contributed by atoms with van der Waals surface area (Å²) in [5, 5.41) is 3.85. The minimum absolute atomic E-state index is 0.394. The predicted octanol–water partition coefficient (Wildman–Crippen LogP) is 4.42. The first-order valence-electron chi connectivity index (χ1n) is 7.93. The monoisotopic (exact) mass is 277 g/mol. The van der Waals surface area contributed by atoms with E-state index < -0.39 is 0 Å². The lowest BCUT2D eigenvalue weighted by Gasteiger charge is -2.33. The van der Waals surface area contributed by atoms with E-state index in [4.69, 9.17) is 4.74 Å².